The van der Waals surface area contributed by atoms with Crippen molar-refractivity contribution in [1.29, 1.82) is 0 Å². The Morgan fingerprint density at radius 1 is 1.31 bits per heavy atom. The molecular formula is C15H18O. The van der Waals surface area contributed by atoms with Crippen molar-refractivity contribution in [1.82, 2.24) is 0 Å². The lowest BCUT2D eigenvalue weighted by Crippen LogP contribution is -2.25. The van der Waals surface area contributed by atoms with E-state index >= 15 is 0 Å². The number of rotatable bonds is 4. The minimum Gasteiger partial charge on any atom is -0.370 e. The molecule has 2 atom stereocenters. The molecule has 1 aliphatic rings. The number of benzene rings is 1. The lowest BCUT2D eigenvalue weighted by molar-refractivity contribution is 0.00858. The van der Waals surface area contributed by atoms with Crippen molar-refractivity contribution in [2.75, 3.05) is 0 Å². The van der Waals surface area contributed by atoms with Gasteiger partial charge in [0.15, 0.2) is 0 Å². The van der Waals surface area contributed by atoms with Gasteiger partial charge in [-0.1, -0.05) is 48.6 Å². The van der Waals surface area contributed by atoms with E-state index in [0.29, 0.717) is 6.10 Å². The van der Waals surface area contributed by atoms with Crippen molar-refractivity contribution in [3.8, 4) is 0 Å². The zero-order chi connectivity index (χ0) is 11.2. The van der Waals surface area contributed by atoms with Crippen LogP contribution in [0.25, 0.3) is 0 Å². The number of ether oxygens (including phenoxy) is 1. The number of hydrogen-bond acceptors (Lipinski definition) is 1. The van der Waals surface area contributed by atoms with E-state index in [9.17, 15) is 0 Å². The van der Waals surface area contributed by atoms with Gasteiger partial charge in [-0.25, -0.2) is 0 Å². The molecule has 0 unspecified atom stereocenters. The van der Waals surface area contributed by atoms with Gasteiger partial charge in [-0.2, -0.15) is 0 Å². The summed E-state index contributed by atoms with van der Waals surface area (Å²) in [6, 6.07) is 10.5. The quantitative estimate of drug-likeness (QED) is 0.697. The SMILES string of the molecule is C=CC[C@@H]1C=CC[C@@H](Cc2ccccc2)O1. The lowest BCUT2D eigenvalue weighted by atomic mass is 10.0. The second-order valence-corrected chi connectivity index (χ2v) is 4.17. The molecule has 1 aromatic rings. The Balaban J connectivity index is 1.92. The molecule has 1 aromatic carbocycles. The summed E-state index contributed by atoms with van der Waals surface area (Å²) in [6.45, 7) is 3.75. The molecule has 1 heterocycles. The molecule has 1 nitrogen and oxygen atoms in total. The van der Waals surface area contributed by atoms with Gasteiger partial charge in [0.25, 0.3) is 0 Å². The Labute approximate surface area is 97.4 Å². The maximum absolute atomic E-state index is 5.97. The van der Waals surface area contributed by atoms with Crippen LogP contribution in [0.2, 0.25) is 0 Å². The first-order valence-electron chi connectivity index (χ1n) is 5.85. The van der Waals surface area contributed by atoms with Crippen molar-refractivity contribution in [2.45, 2.75) is 31.5 Å². The van der Waals surface area contributed by atoms with Gasteiger partial charge in [0.05, 0.1) is 12.2 Å². The van der Waals surface area contributed by atoms with E-state index in [0.717, 1.165) is 19.3 Å². The standard InChI is InChI=1S/C15H18O/c1-2-7-14-10-6-11-15(16-14)12-13-8-4-3-5-9-13/h2-6,8-10,14-15H,1,7,11-12H2/t14-,15+/m1/s1. The summed E-state index contributed by atoms with van der Waals surface area (Å²) in [7, 11) is 0. The van der Waals surface area contributed by atoms with E-state index in [2.05, 4.69) is 43.0 Å². The summed E-state index contributed by atoms with van der Waals surface area (Å²) in [6.07, 6.45) is 9.75. The molecule has 0 spiro atoms. The first kappa shape index (κ1) is 11.2. The fourth-order valence-corrected chi connectivity index (χ4v) is 2.04. The third-order valence-corrected chi connectivity index (χ3v) is 2.82. The summed E-state index contributed by atoms with van der Waals surface area (Å²) in [5.41, 5.74) is 1.35. The minimum absolute atomic E-state index is 0.222. The highest BCUT2D eigenvalue weighted by Crippen LogP contribution is 2.18. The zero-order valence-electron chi connectivity index (χ0n) is 9.51. The van der Waals surface area contributed by atoms with E-state index in [1.165, 1.54) is 5.56 Å². The molecule has 0 aromatic heterocycles. The summed E-state index contributed by atoms with van der Waals surface area (Å²) < 4.78 is 5.97. The van der Waals surface area contributed by atoms with Crippen LogP contribution < -0.4 is 0 Å². The second kappa shape index (κ2) is 5.66. The Morgan fingerprint density at radius 2 is 2.12 bits per heavy atom. The molecule has 0 saturated heterocycles. The van der Waals surface area contributed by atoms with E-state index < -0.39 is 0 Å². The maximum Gasteiger partial charge on any atom is 0.0794 e. The summed E-state index contributed by atoms with van der Waals surface area (Å²) in [5, 5.41) is 0. The van der Waals surface area contributed by atoms with Gasteiger partial charge in [-0.15, -0.1) is 6.58 Å². The minimum atomic E-state index is 0.222. The zero-order valence-corrected chi connectivity index (χ0v) is 9.51. The van der Waals surface area contributed by atoms with E-state index in [-0.39, 0.29) is 6.10 Å². The molecular weight excluding hydrogens is 196 g/mol. The highest BCUT2D eigenvalue weighted by atomic mass is 16.5. The predicted molar refractivity (Wildman–Crippen MR) is 67.4 cm³/mol. The summed E-state index contributed by atoms with van der Waals surface area (Å²) in [4.78, 5) is 0. The van der Waals surface area contributed by atoms with Gasteiger partial charge in [0.2, 0.25) is 0 Å². The van der Waals surface area contributed by atoms with Crippen molar-refractivity contribution in [3.63, 3.8) is 0 Å². The van der Waals surface area contributed by atoms with Gasteiger partial charge in [0.1, 0.15) is 0 Å². The first-order valence-corrected chi connectivity index (χ1v) is 5.85. The third kappa shape index (κ3) is 3.07. The summed E-state index contributed by atoms with van der Waals surface area (Å²) >= 11 is 0. The Bertz CT molecular complexity index is 353. The van der Waals surface area contributed by atoms with Crippen LogP contribution >= 0.6 is 0 Å². The van der Waals surface area contributed by atoms with Gasteiger partial charge in [0, 0.05) is 0 Å². The maximum atomic E-state index is 5.97. The van der Waals surface area contributed by atoms with Crippen LogP contribution in [0.4, 0.5) is 0 Å². The van der Waals surface area contributed by atoms with Crippen molar-refractivity contribution in [2.24, 2.45) is 0 Å². The predicted octanol–water partition coefficient (Wildman–Crippen LogP) is 3.52. The molecule has 0 aliphatic carbocycles. The second-order valence-electron chi connectivity index (χ2n) is 4.17. The lowest BCUT2D eigenvalue weighted by Gasteiger charge is -2.25. The first-order chi connectivity index (χ1) is 7.88. The average molecular weight is 214 g/mol. The normalized spacial score (nSPS) is 24.2. The molecule has 16 heavy (non-hydrogen) atoms. The third-order valence-electron chi connectivity index (χ3n) is 2.82. The summed E-state index contributed by atoms with van der Waals surface area (Å²) in [5.74, 6) is 0. The van der Waals surface area contributed by atoms with Crippen LogP contribution in [0.5, 0.6) is 0 Å². The molecule has 0 saturated carbocycles. The van der Waals surface area contributed by atoms with Crippen LogP contribution in [0.15, 0.2) is 55.1 Å². The molecule has 0 amide bonds. The topological polar surface area (TPSA) is 9.23 Å². The largest absolute Gasteiger partial charge is 0.370 e. The van der Waals surface area contributed by atoms with Gasteiger partial charge in [-0.05, 0) is 24.8 Å². The van der Waals surface area contributed by atoms with E-state index in [1.807, 2.05) is 12.1 Å². The van der Waals surface area contributed by atoms with Crippen LogP contribution in [-0.2, 0) is 11.2 Å². The fraction of sp³-hybridized carbons (Fsp3) is 0.333. The molecule has 84 valence electrons. The van der Waals surface area contributed by atoms with E-state index in [4.69, 9.17) is 4.74 Å². The van der Waals surface area contributed by atoms with Gasteiger partial charge >= 0.3 is 0 Å². The average Bonchev–Trinajstić information content (AvgIpc) is 2.31. The monoisotopic (exact) mass is 214 g/mol. The van der Waals surface area contributed by atoms with Crippen LogP contribution in [0, 0.1) is 0 Å². The Kier molecular flexibility index (Phi) is 3.95. The van der Waals surface area contributed by atoms with Crippen molar-refractivity contribution >= 4 is 0 Å². The van der Waals surface area contributed by atoms with E-state index in [1.54, 1.807) is 0 Å². The smallest absolute Gasteiger partial charge is 0.0794 e. The molecule has 1 aliphatic heterocycles. The van der Waals surface area contributed by atoms with Crippen molar-refractivity contribution < 1.29 is 4.74 Å². The Hall–Kier alpha value is -1.34. The fourth-order valence-electron chi connectivity index (χ4n) is 2.04. The molecule has 0 bridgehead atoms. The molecule has 0 radical (unpaired) electrons. The molecule has 0 fully saturated rings. The molecule has 0 N–H and O–H groups in total. The highest BCUT2D eigenvalue weighted by Gasteiger charge is 2.17. The number of hydrogen-bond donors (Lipinski definition) is 0. The molecule has 2 rings (SSSR count). The van der Waals surface area contributed by atoms with Crippen LogP contribution in [0.1, 0.15) is 18.4 Å². The Morgan fingerprint density at radius 3 is 2.88 bits per heavy atom. The van der Waals surface area contributed by atoms with Crippen LogP contribution in [-0.4, -0.2) is 12.2 Å². The van der Waals surface area contributed by atoms with Crippen LogP contribution in [0.3, 0.4) is 0 Å². The van der Waals surface area contributed by atoms with Gasteiger partial charge < -0.3 is 4.74 Å². The molecule has 1 heteroatoms. The van der Waals surface area contributed by atoms with Crippen molar-refractivity contribution in [3.05, 3.63) is 60.7 Å². The van der Waals surface area contributed by atoms with Gasteiger partial charge in [-0.3, -0.25) is 0 Å². The highest BCUT2D eigenvalue weighted by molar-refractivity contribution is 5.16.